The fourth-order valence-corrected chi connectivity index (χ4v) is 2.49. The number of nitrogen functional groups attached to an aromatic ring is 1. The van der Waals surface area contributed by atoms with Crippen LogP contribution in [0.4, 0.5) is 5.69 Å². The average Bonchev–Trinajstić information content (AvgIpc) is 2.91. The summed E-state index contributed by atoms with van der Waals surface area (Å²) in [5.74, 6) is 0.963. The third-order valence-electron chi connectivity index (χ3n) is 3.57. The van der Waals surface area contributed by atoms with Crippen molar-refractivity contribution in [1.29, 1.82) is 0 Å². The van der Waals surface area contributed by atoms with Crippen LogP contribution in [-0.2, 0) is 6.54 Å². The van der Waals surface area contributed by atoms with Gasteiger partial charge in [0.2, 0.25) is 0 Å². The van der Waals surface area contributed by atoms with Crippen LogP contribution in [0.25, 0.3) is 10.9 Å². The lowest BCUT2D eigenvalue weighted by molar-refractivity contribution is 0.321. The van der Waals surface area contributed by atoms with Crippen molar-refractivity contribution in [2.75, 3.05) is 12.3 Å². The minimum Gasteiger partial charge on any atom is -0.493 e. The molecule has 1 aromatic heterocycles. The molecule has 21 heavy (non-hydrogen) atoms. The number of fused-ring (bicyclic) bond motifs is 1. The third-order valence-corrected chi connectivity index (χ3v) is 3.57. The van der Waals surface area contributed by atoms with Crippen LogP contribution in [0.1, 0.15) is 18.9 Å². The van der Waals surface area contributed by atoms with Gasteiger partial charge in [-0.25, -0.2) is 0 Å². The molecule has 0 saturated heterocycles. The summed E-state index contributed by atoms with van der Waals surface area (Å²) < 4.78 is 8.05. The first kappa shape index (κ1) is 13.6. The van der Waals surface area contributed by atoms with Crippen molar-refractivity contribution in [2.24, 2.45) is 0 Å². The molecule has 0 saturated carbocycles. The van der Waals surface area contributed by atoms with Gasteiger partial charge in [-0.05, 0) is 42.3 Å². The second kappa shape index (κ2) is 5.92. The molecule has 108 valence electrons. The van der Waals surface area contributed by atoms with Gasteiger partial charge in [-0.1, -0.05) is 25.1 Å². The first-order valence-corrected chi connectivity index (χ1v) is 7.33. The van der Waals surface area contributed by atoms with Gasteiger partial charge < -0.3 is 15.0 Å². The first-order chi connectivity index (χ1) is 10.3. The topological polar surface area (TPSA) is 40.2 Å². The number of anilines is 1. The summed E-state index contributed by atoms with van der Waals surface area (Å²) in [6.45, 7) is 3.70. The summed E-state index contributed by atoms with van der Waals surface area (Å²) in [5.41, 5.74) is 8.96. The van der Waals surface area contributed by atoms with Crippen molar-refractivity contribution in [3.8, 4) is 5.75 Å². The van der Waals surface area contributed by atoms with Gasteiger partial charge in [-0.3, -0.25) is 0 Å². The Labute approximate surface area is 125 Å². The first-order valence-electron chi connectivity index (χ1n) is 7.33. The standard InChI is InChI=1S/C18H20N2O/c1-2-12-21-18-5-3-4-17-16(18)10-11-20(17)13-14-6-8-15(19)9-7-14/h3-11H,2,12-13,19H2,1H3. The predicted molar refractivity (Wildman–Crippen MR) is 87.7 cm³/mol. The Kier molecular flexibility index (Phi) is 3.82. The highest BCUT2D eigenvalue weighted by molar-refractivity contribution is 5.86. The van der Waals surface area contributed by atoms with Crippen LogP contribution >= 0.6 is 0 Å². The fourth-order valence-electron chi connectivity index (χ4n) is 2.49. The molecule has 3 heteroatoms. The van der Waals surface area contributed by atoms with Crippen LogP contribution in [0, 0.1) is 0 Å². The predicted octanol–water partition coefficient (Wildman–Crippen LogP) is 4.06. The van der Waals surface area contributed by atoms with Crippen LogP contribution in [0.3, 0.4) is 0 Å². The molecule has 2 aromatic carbocycles. The van der Waals surface area contributed by atoms with E-state index in [1.165, 1.54) is 16.5 Å². The molecule has 3 aromatic rings. The fraction of sp³-hybridized carbons (Fsp3) is 0.222. The van der Waals surface area contributed by atoms with Crippen LogP contribution in [0.15, 0.2) is 54.7 Å². The number of benzene rings is 2. The summed E-state index contributed by atoms with van der Waals surface area (Å²) in [5, 5.41) is 1.17. The van der Waals surface area contributed by atoms with Crippen LogP contribution in [-0.4, -0.2) is 11.2 Å². The molecule has 0 radical (unpaired) electrons. The summed E-state index contributed by atoms with van der Waals surface area (Å²) in [7, 11) is 0. The molecule has 2 N–H and O–H groups in total. The Bertz CT molecular complexity index is 729. The van der Waals surface area contributed by atoms with E-state index in [9.17, 15) is 0 Å². The van der Waals surface area contributed by atoms with Crippen LogP contribution < -0.4 is 10.5 Å². The third kappa shape index (κ3) is 2.87. The Hall–Kier alpha value is -2.42. The largest absolute Gasteiger partial charge is 0.493 e. The minimum absolute atomic E-state index is 0.752. The van der Waals surface area contributed by atoms with E-state index < -0.39 is 0 Å². The second-order valence-corrected chi connectivity index (χ2v) is 5.22. The molecule has 3 rings (SSSR count). The highest BCUT2D eigenvalue weighted by Gasteiger charge is 2.06. The second-order valence-electron chi connectivity index (χ2n) is 5.22. The van der Waals surface area contributed by atoms with Gasteiger partial charge in [0.05, 0.1) is 12.1 Å². The van der Waals surface area contributed by atoms with Crippen molar-refractivity contribution in [3.05, 3.63) is 60.3 Å². The maximum atomic E-state index is 5.82. The molecule has 0 atom stereocenters. The van der Waals surface area contributed by atoms with E-state index in [2.05, 4.69) is 42.0 Å². The van der Waals surface area contributed by atoms with Crippen molar-refractivity contribution < 1.29 is 4.74 Å². The van der Waals surface area contributed by atoms with E-state index in [0.717, 1.165) is 31.0 Å². The zero-order valence-electron chi connectivity index (χ0n) is 12.3. The van der Waals surface area contributed by atoms with Gasteiger partial charge in [0.25, 0.3) is 0 Å². The zero-order valence-corrected chi connectivity index (χ0v) is 12.3. The van der Waals surface area contributed by atoms with Crippen LogP contribution in [0.2, 0.25) is 0 Å². The van der Waals surface area contributed by atoms with Gasteiger partial charge in [-0.2, -0.15) is 0 Å². The van der Waals surface area contributed by atoms with E-state index in [1.54, 1.807) is 0 Å². The lowest BCUT2D eigenvalue weighted by atomic mass is 10.2. The minimum atomic E-state index is 0.752. The number of hydrogen-bond acceptors (Lipinski definition) is 2. The van der Waals surface area contributed by atoms with Gasteiger partial charge in [0.15, 0.2) is 0 Å². The Balaban J connectivity index is 1.91. The molecule has 3 nitrogen and oxygen atoms in total. The van der Waals surface area contributed by atoms with E-state index >= 15 is 0 Å². The molecule has 0 aliphatic rings. The van der Waals surface area contributed by atoms with Gasteiger partial charge >= 0.3 is 0 Å². The van der Waals surface area contributed by atoms with Crippen molar-refractivity contribution in [3.63, 3.8) is 0 Å². The average molecular weight is 280 g/mol. The molecule has 0 aliphatic carbocycles. The smallest absolute Gasteiger partial charge is 0.128 e. The Morgan fingerprint density at radius 3 is 2.62 bits per heavy atom. The van der Waals surface area contributed by atoms with Crippen molar-refractivity contribution in [2.45, 2.75) is 19.9 Å². The summed E-state index contributed by atoms with van der Waals surface area (Å²) in [6.07, 6.45) is 3.13. The van der Waals surface area contributed by atoms with Crippen LogP contribution in [0.5, 0.6) is 5.75 Å². The Morgan fingerprint density at radius 1 is 1.05 bits per heavy atom. The number of aromatic nitrogens is 1. The normalized spacial score (nSPS) is 10.9. The summed E-state index contributed by atoms with van der Waals surface area (Å²) in [6, 6.07) is 16.4. The van der Waals surface area contributed by atoms with Crippen molar-refractivity contribution >= 4 is 16.6 Å². The molecule has 0 bridgehead atoms. The van der Waals surface area contributed by atoms with Gasteiger partial charge in [0, 0.05) is 23.8 Å². The van der Waals surface area contributed by atoms with Gasteiger partial charge in [-0.15, -0.1) is 0 Å². The number of rotatable bonds is 5. The monoisotopic (exact) mass is 280 g/mol. The number of ether oxygens (including phenoxy) is 1. The molecule has 0 aliphatic heterocycles. The van der Waals surface area contributed by atoms with E-state index in [-0.39, 0.29) is 0 Å². The molecular formula is C18H20N2O. The maximum absolute atomic E-state index is 5.82. The van der Waals surface area contributed by atoms with Gasteiger partial charge in [0.1, 0.15) is 5.75 Å². The van der Waals surface area contributed by atoms with E-state index in [0.29, 0.717) is 0 Å². The summed E-state index contributed by atoms with van der Waals surface area (Å²) in [4.78, 5) is 0. The maximum Gasteiger partial charge on any atom is 0.128 e. The summed E-state index contributed by atoms with van der Waals surface area (Å²) >= 11 is 0. The van der Waals surface area contributed by atoms with E-state index in [1.807, 2.05) is 24.3 Å². The molecule has 0 fully saturated rings. The van der Waals surface area contributed by atoms with Crippen molar-refractivity contribution in [1.82, 2.24) is 4.57 Å². The highest BCUT2D eigenvalue weighted by atomic mass is 16.5. The highest BCUT2D eigenvalue weighted by Crippen LogP contribution is 2.27. The molecule has 0 unspecified atom stereocenters. The lowest BCUT2D eigenvalue weighted by Gasteiger charge is -2.09. The zero-order chi connectivity index (χ0) is 14.7. The number of nitrogens with zero attached hydrogens (tertiary/aromatic N) is 1. The quantitative estimate of drug-likeness (QED) is 0.716. The lowest BCUT2D eigenvalue weighted by Crippen LogP contribution is -1.99. The number of nitrogens with two attached hydrogens (primary N) is 1. The van der Waals surface area contributed by atoms with E-state index in [4.69, 9.17) is 10.5 Å². The molecular weight excluding hydrogens is 260 g/mol. The molecule has 0 spiro atoms. The SMILES string of the molecule is CCCOc1cccc2c1ccn2Cc1ccc(N)cc1. The molecule has 0 amide bonds. The molecule has 1 heterocycles. The number of hydrogen-bond donors (Lipinski definition) is 1. The Morgan fingerprint density at radius 2 is 1.86 bits per heavy atom.